The van der Waals surface area contributed by atoms with Gasteiger partial charge in [0.25, 0.3) is 5.91 Å². The second-order valence-electron chi connectivity index (χ2n) is 13.6. The molecule has 3 fully saturated rings. The highest BCUT2D eigenvalue weighted by Gasteiger charge is 2.56. The van der Waals surface area contributed by atoms with Gasteiger partial charge in [-0.15, -0.1) is 5.10 Å². The summed E-state index contributed by atoms with van der Waals surface area (Å²) in [7, 11) is 0. The second-order valence-corrected chi connectivity index (χ2v) is 13.6. The molecular weight excluding hydrogens is 669 g/mol. The first-order chi connectivity index (χ1) is 23.9. The number of rotatable bonds is 9. The molecule has 3 aliphatic rings. The first kappa shape index (κ1) is 32.1. The summed E-state index contributed by atoms with van der Waals surface area (Å²) in [4.78, 5) is 36.8. The first-order valence-corrected chi connectivity index (χ1v) is 16.2. The zero-order valence-corrected chi connectivity index (χ0v) is 26.3. The molecular formula is C31H30F5N11O3. The minimum Gasteiger partial charge on any atom is -0.344 e. The Balaban J connectivity index is 1.10. The van der Waals surface area contributed by atoms with Crippen LogP contribution in [-0.2, 0) is 17.8 Å². The van der Waals surface area contributed by atoms with Crippen LogP contribution in [0.3, 0.4) is 0 Å². The monoisotopic (exact) mass is 699 g/mol. The Hall–Kier alpha value is -5.10. The van der Waals surface area contributed by atoms with Crippen molar-refractivity contribution >= 4 is 28.6 Å². The van der Waals surface area contributed by atoms with E-state index in [1.807, 2.05) is 0 Å². The van der Waals surface area contributed by atoms with Gasteiger partial charge in [-0.3, -0.25) is 9.59 Å². The molecule has 0 spiro atoms. The maximum Gasteiger partial charge on any atom is 0.408 e. The number of hydrogen-bond donors (Lipinski definition) is 2. The average Bonchev–Trinajstić information content (AvgIpc) is 3.38. The average molecular weight is 700 g/mol. The third-order valence-electron chi connectivity index (χ3n) is 9.89. The van der Waals surface area contributed by atoms with Crippen molar-refractivity contribution < 1.29 is 36.2 Å². The van der Waals surface area contributed by atoms with Crippen molar-refractivity contribution in [1.82, 2.24) is 55.5 Å². The SMILES string of the molecule is O=C(N[C@H](c1cn2ncc(C[C@@]3(Cn4nc5cccnc5n4)C[C@@H](C(F)(F)F)NC3=O)cc2n1)C1CCC(F)(F)CC1)c1nonc1C1CC1. The van der Waals surface area contributed by atoms with Crippen molar-refractivity contribution in [1.29, 1.82) is 0 Å². The second kappa shape index (κ2) is 11.8. The maximum atomic E-state index is 14.1. The van der Waals surface area contributed by atoms with Crippen LogP contribution in [0.25, 0.3) is 16.8 Å². The molecule has 1 saturated heterocycles. The Bertz CT molecular complexity index is 2050. The van der Waals surface area contributed by atoms with Gasteiger partial charge in [0.15, 0.2) is 11.3 Å². The fraction of sp³-hybridized carbons (Fsp3) is 0.516. The van der Waals surface area contributed by atoms with Gasteiger partial charge >= 0.3 is 6.18 Å². The van der Waals surface area contributed by atoms with Crippen molar-refractivity contribution in [2.24, 2.45) is 11.3 Å². The largest absolute Gasteiger partial charge is 0.408 e. The molecule has 50 heavy (non-hydrogen) atoms. The Labute approximate surface area is 279 Å². The molecule has 262 valence electrons. The van der Waals surface area contributed by atoms with Crippen LogP contribution in [0.2, 0.25) is 0 Å². The topological polar surface area (TPSA) is 171 Å². The highest BCUT2D eigenvalue weighted by molar-refractivity contribution is 5.93. The number of fused-ring (bicyclic) bond motifs is 2. The van der Waals surface area contributed by atoms with E-state index in [-0.39, 0.29) is 67.5 Å². The van der Waals surface area contributed by atoms with Crippen molar-refractivity contribution in [3.63, 3.8) is 0 Å². The summed E-state index contributed by atoms with van der Waals surface area (Å²) < 4.78 is 76.2. The summed E-state index contributed by atoms with van der Waals surface area (Å²) in [6, 6.07) is 2.04. The Morgan fingerprint density at radius 2 is 1.94 bits per heavy atom. The molecule has 0 aromatic carbocycles. The van der Waals surface area contributed by atoms with E-state index in [9.17, 15) is 31.5 Å². The minimum absolute atomic E-state index is 0.0375. The van der Waals surface area contributed by atoms with Gasteiger partial charge in [-0.25, -0.2) is 27.9 Å². The molecule has 2 aliphatic carbocycles. The number of alkyl halides is 5. The van der Waals surface area contributed by atoms with E-state index in [2.05, 4.69) is 41.2 Å². The van der Waals surface area contributed by atoms with Crippen LogP contribution in [-0.4, -0.2) is 74.8 Å². The highest BCUT2D eigenvalue weighted by Crippen LogP contribution is 2.44. The summed E-state index contributed by atoms with van der Waals surface area (Å²) in [6.07, 6.45) is 0.379. The zero-order valence-electron chi connectivity index (χ0n) is 26.3. The van der Waals surface area contributed by atoms with Gasteiger partial charge < -0.3 is 10.6 Å². The predicted octanol–water partition coefficient (Wildman–Crippen LogP) is 4.11. The molecule has 0 bridgehead atoms. The predicted molar refractivity (Wildman–Crippen MR) is 160 cm³/mol. The molecule has 8 rings (SSSR count). The zero-order chi connectivity index (χ0) is 34.8. The lowest BCUT2D eigenvalue weighted by atomic mass is 9.79. The number of carbonyl (C=O) groups is 2. The quantitative estimate of drug-likeness (QED) is 0.214. The lowest BCUT2D eigenvalue weighted by Gasteiger charge is -2.33. The van der Waals surface area contributed by atoms with E-state index >= 15 is 0 Å². The van der Waals surface area contributed by atoms with Crippen LogP contribution in [0.15, 0.2) is 41.4 Å². The van der Waals surface area contributed by atoms with E-state index in [0.29, 0.717) is 22.5 Å². The van der Waals surface area contributed by atoms with Crippen molar-refractivity contribution in [3.05, 3.63) is 59.4 Å². The van der Waals surface area contributed by atoms with E-state index in [1.165, 1.54) is 21.7 Å². The van der Waals surface area contributed by atoms with Gasteiger partial charge in [0, 0.05) is 25.0 Å². The number of carbonyl (C=O) groups excluding carboxylic acids is 2. The Kier molecular flexibility index (Phi) is 7.55. The van der Waals surface area contributed by atoms with Crippen molar-refractivity contribution in [3.8, 4) is 0 Å². The minimum atomic E-state index is -4.68. The van der Waals surface area contributed by atoms with E-state index in [4.69, 9.17) is 9.61 Å². The van der Waals surface area contributed by atoms with Crippen molar-refractivity contribution in [2.45, 2.75) is 88.0 Å². The van der Waals surface area contributed by atoms with Gasteiger partial charge in [0.1, 0.15) is 17.3 Å². The van der Waals surface area contributed by atoms with Gasteiger partial charge in [-0.1, -0.05) is 5.16 Å². The van der Waals surface area contributed by atoms with Crippen molar-refractivity contribution in [2.75, 3.05) is 0 Å². The van der Waals surface area contributed by atoms with Gasteiger partial charge in [0.2, 0.25) is 17.5 Å². The molecule has 0 radical (unpaired) electrons. The molecule has 0 unspecified atom stereocenters. The summed E-state index contributed by atoms with van der Waals surface area (Å²) in [6.45, 7) is -0.257. The van der Waals surface area contributed by atoms with Crippen LogP contribution < -0.4 is 10.6 Å². The van der Waals surface area contributed by atoms with E-state index in [1.54, 1.807) is 24.4 Å². The molecule has 5 aromatic rings. The van der Waals surface area contributed by atoms with Gasteiger partial charge in [0.05, 0.1) is 36.1 Å². The third-order valence-corrected chi connectivity index (χ3v) is 9.89. The lowest BCUT2D eigenvalue weighted by Crippen LogP contribution is -2.40. The smallest absolute Gasteiger partial charge is 0.344 e. The number of hydrogen-bond acceptors (Lipinski definition) is 10. The molecule has 5 aromatic heterocycles. The normalized spacial score (nSPS) is 23.4. The molecule has 6 heterocycles. The molecule has 1 aliphatic heterocycles. The molecule has 14 nitrogen and oxygen atoms in total. The number of nitrogens with one attached hydrogen (secondary N) is 2. The van der Waals surface area contributed by atoms with Gasteiger partial charge in [-0.2, -0.15) is 28.2 Å². The number of amides is 2. The summed E-state index contributed by atoms with van der Waals surface area (Å²) >= 11 is 0. The molecule has 2 saturated carbocycles. The Morgan fingerprint density at radius 1 is 1.14 bits per heavy atom. The van der Waals surface area contributed by atoms with Gasteiger partial charge in [-0.05, 0) is 73.4 Å². The number of pyridine rings is 1. The fourth-order valence-corrected chi connectivity index (χ4v) is 7.12. The highest BCUT2D eigenvalue weighted by atomic mass is 19.4. The summed E-state index contributed by atoms with van der Waals surface area (Å²) in [5.74, 6) is -4.49. The number of imidazole rings is 1. The number of halogens is 5. The van der Waals surface area contributed by atoms with E-state index in [0.717, 1.165) is 12.8 Å². The Morgan fingerprint density at radius 3 is 2.66 bits per heavy atom. The summed E-state index contributed by atoms with van der Waals surface area (Å²) in [5, 5.41) is 25.7. The van der Waals surface area contributed by atoms with Crippen LogP contribution in [0.5, 0.6) is 0 Å². The van der Waals surface area contributed by atoms with Crippen LogP contribution in [0.1, 0.15) is 84.3 Å². The summed E-state index contributed by atoms with van der Waals surface area (Å²) in [5.41, 5.74) is 0.658. The molecule has 3 atom stereocenters. The fourth-order valence-electron chi connectivity index (χ4n) is 7.12. The number of nitrogens with zero attached hydrogens (tertiary/aromatic N) is 9. The lowest BCUT2D eigenvalue weighted by molar-refractivity contribution is -0.155. The standard InChI is InChI=1S/C31H30F5N11O3/c32-30(33)7-5-18(6-8-30)23(41-27(48)25-24(17-3-4-17)44-50-45-25)20-14-46-22(39-20)10-16(13-38-46)11-29(12-21(31(34,35)36)40-28(29)49)15-47-42-19-2-1-9-37-26(19)43-47/h1-2,9-10,13-14,17-18,21,23H,3-8,11-12,15H2,(H,40,49)(H,41,48)/t21-,23-,29-/m0/s1. The molecule has 2 amide bonds. The molecule has 19 heteroatoms. The third kappa shape index (κ3) is 6.12. The maximum absolute atomic E-state index is 14.1. The van der Waals surface area contributed by atoms with E-state index < -0.39 is 47.8 Å². The van der Waals surface area contributed by atoms with Crippen LogP contribution in [0, 0.1) is 11.3 Å². The first-order valence-electron chi connectivity index (χ1n) is 16.2. The molecule has 2 N–H and O–H groups in total. The number of aromatic nitrogens is 9. The van der Waals surface area contributed by atoms with Crippen LogP contribution in [0.4, 0.5) is 22.0 Å². The van der Waals surface area contributed by atoms with Crippen LogP contribution >= 0.6 is 0 Å².